The molecule has 3 nitrogen and oxygen atoms in total. The summed E-state index contributed by atoms with van der Waals surface area (Å²) in [4.78, 5) is 0.343. The lowest BCUT2D eigenvalue weighted by molar-refractivity contribution is 0.387. The van der Waals surface area contributed by atoms with Gasteiger partial charge in [-0.05, 0) is 38.0 Å². The molecule has 0 N–H and O–H groups in total. The molecule has 1 atom stereocenters. The van der Waals surface area contributed by atoms with E-state index in [1.165, 1.54) is 4.31 Å². The number of aryl methyl sites for hydroxylation is 1. The van der Waals surface area contributed by atoms with Gasteiger partial charge in [-0.3, -0.25) is 0 Å². The Hall–Kier alpha value is -1.65. The van der Waals surface area contributed by atoms with E-state index in [1.807, 2.05) is 56.3 Å². The van der Waals surface area contributed by atoms with Gasteiger partial charge in [-0.2, -0.15) is 4.31 Å². The Kier molecular flexibility index (Phi) is 4.80. The second-order valence-electron chi connectivity index (χ2n) is 5.37. The number of nitrogens with zero attached hydrogens (tertiary/aromatic N) is 1. The minimum atomic E-state index is -3.44. The number of benzene rings is 2. The average Bonchev–Trinajstić information content (AvgIpc) is 2.48. The van der Waals surface area contributed by atoms with Crippen molar-refractivity contribution in [2.75, 3.05) is 7.05 Å². The second-order valence-corrected chi connectivity index (χ2v) is 7.37. The van der Waals surface area contributed by atoms with Crippen LogP contribution in [0.2, 0.25) is 0 Å². The van der Waals surface area contributed by atoms with Crippen LogP contribution >= 0.6 is 0 Å². The van der Waals surface area contributed by atoms with E-state index in [0.29, 0.717) is 11.3 Å². The van der Waals surface area contributed by atoms with Crippen molar-refractivity contribution in [2.24, 2.45) is 0 Å². The third-order valence-corrected chi connectivity index (χ3v) is 5.68. The molecule has 2 aromatic carbocycles. The zero-order valence-corrected chi connectivity index (χ0v) is 13.5. The minimum absolute atomic E-state index is 0.0984. The molecular formula is C17H21NO2S. The van der Waals surface area contributed by atoms with E-state index in [4.69, 9.17) is 0 Å². The van der Waals surface area contributed by atoms with Gasteiger partial charge in [-0.1, -0.05) is 48.0 Å². The van der Waals surface area contributed by atoms with Crippen molar-refractivity contribution in [2.45, 2.75) is 31.2 Å². The third kappa shape index (κ3) is 3.71. The topological polar surface area (TPSA) is 37.4 Å². The average molecular weight is 303 g/mol. The molecule has 0 aliphatic carbocycles. The van der Waals surface area contributed by atoms with Gasteiger partial charge in [0.2, 0.25) is 10.0 Å². The van der Waals surface area contributed by atoms with Crippen LogP contribution in [0.5, 0.6) is 0 Å². The van der Waals surface area contributed by atoms with E-state index in [1.54, 1.807) is 19.2 Å². The van der Waals surface area contributed by atoms with Gasteiger partial charge in [0.25, 0.3) is 0 Å². The number of hydrogen-bond acceptors (Lipinski definition) is 2. The van der Waals surface area contributed by atoms with Crippen LogP contribution in [0.4, 0.5) is 0 Å². The molecular weight excluding hydrogens is 282 g/mol. The van der Waals surface area contributed by atoms with Crippen LogP contribution in [0.15, 0.2) is 59.5 Å². The van der Waals surface area contributed by atoms with Crippen LogP contribution < -0.4 is 0 Å². The molecule has 0 aliphatic heterocycles. The van der Waals surface area contributed by atoms with E-state index < -0.39 is 10.0 Å². The van der Waals surface area contributed by atoms with Gasteiger partial charge in [-0.25, -0.2) is 8.42 Å². The van der Waals surface area contributed by atoms with E-state index in [9.17, 15) is 8.42 Å². The molecule has 0 amide bonds. The summed E-state index contributed by atoms with van der Waals surface area (Å²) in [5.74, 6) is 0. The molecule has 21 heavy (non-hydrogen) atoms. The molecule has 0 fully saturated rings. The summed E-state index contributed by atoms with van der Waals surface area (Å²) in [6.45, 7) is 3.87. The molecule has 0 spiro atoms. The highest BCUT2D eigenvalue weighted by Crippen LogP contribution is 2.19. The first-order valence-electron chi connectivity index (χ1n) is 7.00. The highest BCUT2D eigenvalue weighted by molar-refractivity contribution is 7.89. The maximum atomic E-state index is 12.6. The summed E-state index contributed by atoms with van der Waals surface area (Å²) in [6.07, 6.45) is 0.697. The first-order valence-corrected chi connectivity index (χ1v) is 8.44. The molecule has 0 aliphatic rings. The highest BCUT2D eigenvalue weighted by Gasteiger charge is 2.25. The van der Waals surface area contributed by atoms with Gasteiger partial charge in [0.05, 0.1) is 4.90 Å². The molecule has 0 saturated carbocycles. The second kappa shape index (κ2) is 6.41. The van der Waals surface area contributed by atoms with Gasteiger partial charge in [0.15, 0.2) is 0 Å². The molecule has 2 aromatic rings. The Balaban J connectivity index is 2.17. The SMILES string of the molecule is Cc1ccc(S(=O)(=O)N(C)[C@@H](C)Cc2ccccc2)cc1. The van der Waals surface area contributed by atoms with E-state index in [2.05, 4.69) is 0 Å². The maximum absolute atomic E-state index is 12.6. The third-order valence-electron chi connectivity index (χ3n) is 3.69. The summed E-state index contributed by atoms with van der Waals surface area (Å²) in [6, 6.07) is 16.8. The quantitative estimate of drug-likeness (QED) is 0.850. The normalized spacial score (nSPS) is 13.3. The molecule has 2 rings (SSSR count). The Morgan fingerprint density at radius 1 is 1.00 bits per heavy atom. The predicted octanol–water partition coefficient (Wildman–Crippen LogP) is 3.25. The Bertz CT molecular complexity index is 678. The molecule has 0 unspecified atom stereocenters. The fourth-order valence-electron chi connectivity index (χ4n) is 2.20. The lowest BCUT2D eigenvalue weighted by atomic mass is 10.1. The van der Waals surface area contributed by atoms with Gasteiger partial charge >= 0.3 is 0 Å². The van der Waals surface area contributed by atoms with E-state index >= 15 is 0 Å². The van der Waals surface area contributed by atoms with Crippen LogP contribution in [0.1, 0.15) is 18.1 Å². The van der Waals surface area contributed by atoms with Gasteiger partial charge in [0.1, 0.15) is 0 Å². The molecule has 0 radical (unpaired) electrons. The van der Waals surface area contributed by atoms with Crippen LogP contribution in [0.25, 0.3) is 0 Å². The fraction of sp³-hybridized carbons (Fsp3) is 0.294. The van der Waals surface area contributed by atoms with Crippen LogP contribution in [0.3, 0.4) is 0 Å². The van der Waals surface area contributed by atoms with Crippen molar-refractivity contribution in [1.29, 1.82) is 0 Å². The van der Waals surface area contributed by atoms with Gasteiger partial charge < -0.3 is 0 Å². The Morgan fingerprint density at radius 2 is 1.57 bits per heavy atom. The van der Waals surface area contributed by atoms with Crippen molar-refractivity contribution < 1.29 is 8.42 Å². The summed E-state index contributed by atoms with van der Waals surface area (Å²) < 4.78 is 26.7. The van der Waals surface area contributed by atoms with Crippen molar-refractivity contribution in [3.8, 4) is 0 Å². The van der Waals surface area contributed by atoms with Gasteiger partial charge in [-0.15, -0.1) is 0 Å². The summed E-state index contributed by atoms with van der Waals surface area (Å²) in [7, 11) is -1.80. The summed E-state index contributed by atoms with van der Waals surface area (Å²) in [5, 5.41) is 0. The fourth-order valence-corrected chi connectivity index (χ4v) is 3.56. The lowest BCUT2D eigenvalue weighted by Gasteiger charge is -2.24. The van der Waals surface area contributed by atoms with E-state index in [0.717, 1.165) is 11.1 Å². The Labute approximate surface area is 127 Å². The zero-order valence-electron chi connectivity index (χ0n) is 12.7. The predicted molar refractivity (Wildman–Crippen MR) is 85.7 cm³/mol. The maximum Gasteiger partial charge on any atom is 0.243 e. The molecule has 0 bridgehead atoms. The number of rotatable bonds is 5. The van der Waals surface area contributed by atoms with Gasteiger partial charge in [0, 0.05) is 13.1 Å². The molecule has 112 valence electrons. The largest absolute Gasteiger partial charge is 0.243 e. The minimum Gasteiger partial charge on any atom is -0.207 e. The summed E-state index contributed by atoms with van der Waals surface area (Å²) >= 11 is 0. The molecule has 0 aromatic heterocycles. The van der Waals surface area contributed by atoms with Crippen molar-refractivity contribution in [3.05, 3.63) is 65.7 Å². The standard InChI is InChI=1S/C17H21NO2S/c1-14-9-11-17(12-10-14)21(19,20)18(3)15(2)13-16-7-5-4-6-8-16/h4-12,15H,13H2,1-3H3/t15-/m0/s1. The first kappa shape index (κ1) is 15.7. The molecule has 4 heteroatoms. The molecule has 0 heterocycles. The van der Waals surface area contributed by atoms with Crippen molar-refractivity contribution in [3.63, 3.8) is 0 Å². The van der Waals surface area contributed by atoms with Crippen molar-refractivity contribution in [1.82, 2.24) is 4.31 Å². The number of sulfonamides is 1. The zero-order chi connectivity index (χ0) is 15.5. The Morgan fingerprint density at radius 3 is 2.14 bits per heavy atom. The number of likely N-dealkylation sites (N-methyl/N-ethyl adjacent to an activating group) is 1. The van der Waals surface area contributed by atoms with E-state index in [-0.39, 0.29) is 6.04 Å². The molecule has 0 saturated heterocycles. The first-order chi connectivity index (χ1) is 9.91. The number of hydrogen-bond donors (Lipinski definition) is 0. The summed E-state index contributed by atoms with van der Waals surface area (Å²) in [5.41, 5.74) is 2.19. The van der Waals surface area contributed by atoms with Crippen LogP contribution in [-0.4, -0.2) is 25.8 Å². The van der Waals surface area contributed by atoms with Crippen LogP contribution in [0, 0.1) is 6.92 Å². The van der Waals surface area contributed by atoms with Crippen LogP contribution in [-0.2, 0) is 16.4 Å². The monoisotopic (exact) mass is 303 g/mol. The highest BCUT2D eigenvalue weighted by atomic mass is 32.2. The smallest absolute Gasteiger partial charge is 0.207 e. The van der Waals surface area contributed by atoms with Crippen molar-refractivity contribution >= 4 is 10.0 Å². The lowest BCUT2D eigenvalue weighted by Crippen LogP contribution is -2.36.